The minimum atomic E-state index is 0. The molecule has 1 saturated heterocycles. The third kappa shape index (κ3) is 2.71. The van der Waals surface area contributed by atoms with Crippen molar-refractivity contribution in [1.82, 2.24) is 15.0 Å². The molecule has 0 bridgehead atoms. The summed E-state index contributed by atoms with van der Waals surface area (Å²) in [4.78, 5) is 6.13. The number of nitrogens with zero attached hydrogens (tertiary/aromatic N) is 3. The largest absolute Gasteiger partial charge is 0.448 e. The van der Waals surface area contributed by atoms with Gasteiger partial charge < -0.3 is 21.8 Å². The van der Waals surface area contributed by atoms with Crippen LogP contribution in [-0.4, -0.2) is 28.6 Å². The molecule has 71 valence electrons. The second-order valence-electron chi connectivity index (χ2n) is 2.87. The van der Waals surface area contributed by atoms with Crippen LogP contribution in [0.5, 0.6) is 0 Å². The molecule has 1 aromatic rings. The van der Waals surface area contributed by atoms with Gasteiger partial charge in [0.1, 0.15) is 0 Å². The van der Waals surface area contributed by atoms with Gasteiger partial charge in [0.15, 0.2) is 0 Å². The van der Waals surface area contributed by atoms with E-state index in [0.717, 1.165) is 13.0 Å². The molecular formula is C8H13N3OSc-2. The van der Waals surface area contributed by atoms with Gasteiger partial charge in [0.05, 0.1) is 5.89 Å². The summed E-state index contributed by atoms with van der Waals surface area (Å²) in [6.07, 6.45) is 4.76. The zero-order valence-electron chi connectivity index (χ0n) is 8.03. The summed E-state index contributed by atoms with van der Waals surface area (Å²) in [5, 5.41) is 3.46. The van der Waals surface area contributed by atoms with E-state index in [1.165, 1.54) is 6.42 Å². The molecule has 0 saturated carbocycles. The molecular weight excluding hydrogens is 199 g/mol. The molecule has 1 aliphatic rings. The molecule has 13 heavy (non-hydrogen) atoms. The third-order valence-corrected chi connectivity index (χ3v) is 2.15. The van der Waals surface area contributed by atoms with Gasteiger partial charge >= 0.3 is 0 Å². The van der Waals surface area contributed by atoms with Crippen molar-refractivity contribution in [2.24, 2.45) is 0 Å². The molecule has 4 nitrogen and oxygen atoms in total. The van der Waals surface area contributed by atoms with E-state index in [1.807, 2.05) is 0 Å². The van der Waals surface area contributed by atoms with Crippen LogP contribution < -0.4 is 0 Å². The zero-order valence-corrected chi connectivity index (χ0v) is 9.83. The van der Waals surface area contributed by atoms with Crippen LogP contribution in [0, 0.1) is 13.8 Å². The van der Waals surface area contributed by atoms with Crippen molar-refractivity contribution in [3.8, 4) is 0 Å². The van der Waals surface area contributed by atoms with Crippen molar-refractivity contribution < 1.29 is 30.4 Å². The molecule has 1 radical (unpaired) electrons. The van der Waals surface area contributed by atoms with E-state index in [4.69, 9.17) is 4.52 Å². The van der Waals surface area contributed by atoms with Crippen molar-refractivity contribution in [1.29, 1.82) is 0 Å². The molecule has 1 aliphatic heterocycles. The van der Waals surface area contributed by atoms with Gasteiger partial charge in [0.25, 0.3) is 0 Å². The molecule has 1 atom stereocenters. The second-order valence-corrected chi connectivity index (χ2v) is 2.87. The normalized spacial score (nSPS) is 22.1. The minimum Gasteiger partial charge on any atom is -0.448 e. The maximum Gasteiger partial charge on any atom is 0.0847 e. The van der Waals surface area contributed by atoms with Crippen LogP contribution in [0.25, 0.3) is 0 Å². The Balaban J connectivity index is 0.000000720. The Morgan fingerprint density at radius 1 is 1.62 bits per heavy atom. The van der Waals surface area contributed by atoms with E-state index in [2.05, 4.69) is 28.4 Å². The van der Waals surface area contributed by atoms with Crippen LogP contribution in [0.15, 0.2) is 4.52 Å². The van der Waals surface area contributed by atoms with Crippen LogP contribution in [0.1, 0.15) is 24.8 Å². The van der Waals surface area contributed by atoms with Crippen LogP contribution >= 0.6 is 0 Å². The first-order valence-electron chi connectivity index (χ1n) is 3.78. The topological polar surface area (TPSA) is 42.2 Å². The van der Waals surface area contributed by atoms with Gasteiger partial charge in [0.2, 0.25) is 0 Å². The van der Waals surface area contributed by atoms with Gasteiger partial charge in [0, 0.05) is 31.9 Å². The predicted molar refractivity (Wildman–Crippen MR) is 44.2 cm³/mol. The van der Waals surface area contributed by atoms with Gasteiger partial charge in [-0.1, -0.05) is 0 Å². The average Bonchev–Trinajstić information content (AvgIpc) is 2.55. The van der Waals surface area contributed by atoms with Crippen LogP contribution in [0.3, 0.4) is 0 Å². The molecule has 0 N–H and O–H groups in total. The van der Waals surface area contributed by atoms with E-state index in [0.29, 0.717) is 11.9 Å². The van der Waals surface area contributed by atoms with Crippen molar-refractivity contribution >= 4 is 0 Å². The number of rotatable bonds is 1. The Morgan fingerprint density at radius 3 is 2.85 bits per heavy atom. The number of hydrogen-bond donors (Lipinski definition) is 0. The quantitative estimate of drug-likeness (QED) is 0.653. The Morgan fingerprint density at radius 2 is 2.38 bits per heavy atom. The molecule has 1 unspecified atom stereocenters. The fourth-order valence-corrected chi connectivity index (χ4v) is 1.51. The predicted octanol–water partition coefficient (Wildman–Crippen LogP) is 1.08. The molecule has 0 aromatic carbocycles. The van der Waals surface area contributed by atoms with Crippen molar-refractivity contribution in [3.05, 3.63) is 19.6 Å². The number of likely N-dealkylation sites (tertiary alicyclic amines) is 1. The number of aromatic nitrogens is 2. The standard InChI is InChI=1S/C7H10N3O.CH3.Sc/c1-10-4-2-3-6(10)7-8-5-9-11-7;;/h6H,2-4H2,1H3;1H3;/q2*-1;. The summed E-state index contributed by atoms with van der Waals surface area (Å²) in [5.74, 6) is 0.699. The summed E-state index contributed by atoms with van der Waals surface area (Å²) < 4.78 is 4.93. The van der Waals surface area contributed by atoms with Gasteiger partial charge in [-0.25, -0.2) is 0 Å². The Labute approximate surface area is 97.5 Å². The molecule has 2 rings (SSSR count). The molecule has 1 fully saturated rings. The first-order valence-corrected chi connectivity index (χ1v) is 3.78. The van der Waals surface area contributed by atoms with E-state index < -0.39 is 0 Å². The van der Waals surface area contributed by atoms with Crippen molar-refractivity contribution in [2.45, 2.75) is 18.9 Å². The Kier molecular flexibility index (Phi) is 5.64. The molecule has 0 aliphatic carbocycles. The molecule has 0 spiro atoms. The Hall–Kier alpha value is -0.0299. The summed E-state index contributed by atoms with van der Waals surface area (Å²) in [5.41, 5.74) is 0. The van der Waals surface area contributed by atoms with Crippen LogP contribution in [0.2, 0.25) is 0 Å². The van der Waals surface area contributed by atoms with Gasteiger partial charge in [-0.15, -0.1) is 0 Å². The van der Waals surface area contributed by atoms with E-state index >= 15 is 0 Å². The first kappa shape index (κ1) is 13.0. The average molecular weight is 212 g/mol. The maximum atomic E-state index is 4.93. The smallest absolute Gasteiger partial charge is 0.0847 e. The fourth-order valence-electron chi connectivity index (χ4n) is 1.51. The fraction of sp³-hybridized carbons (Fsp3) is 0.625. The third-order valence-electron chi connectivity index (χ3n) is 2.15. The summed E-state index contributed by atoms with van der Waals surface area (Å²) in [6.45, 7) is 1.12. The molecule has 2 heterocycles. The van der Waals surface area contributed by atoms with Crippen LogP contribution in [0.4, 0.5) is 0 Å². The SMILES string of the molecule is CN1CCCC1c1n[c-]no1.[CH3-].[Sc]. The summed E-state index contributed by atoms with van der Waals surface area (Å²) in [6, 6.07) is 0.328. The number of hydrogen-bond acceptors (Lipinski definition) is 4. The first-order chi connectivity index (χ1) is 5.38. The second kappa shape index (κ2) is 5.65. The van der Waals surface area contributed by atoms with E-state index in [9.17, 15) is 0 Å². The zero-order chi connectivity index (χ0) is 7.68. The molecule has 5 heteroatoms. The van der Waals surface area contributed by atoms with Crippen LogP contribution in [-0.2, 0) is 25.8 Å². The Bertz CT molecular complexity index is 227. The van der Waals surface area contributed by atoms with E-state index in [1.54, 1.807) is 0 Å². The van der Waals surface area contributed by atoms with Gasteiger partial charge in [-0.05, 0) is 32.8 Å². The maximum absolute atomic E-state index is 4.93. The van der Waals surface area contributed by atoms with Gasteiger partial charge in [-0.2, -0.15) is 5.16 Å². The summed E-state index contributed by atoms with van der Waals surface area (Å²) in [7, 11) is 2.07. The molecule has 0 amide bonds. The summed E-state index contributed by atoms with van der Waals surface area (Å²) >= 11 is 0. The molecule has 1 aromatic heterocycles. The minimum absolute atomic E-state index is 0. The monoisotopic (exact) mass is 212 g/mol. The van der Waals surface area contributed by atoms with Crippen molar-refractivity contribution in [3.63, 3.8) is 0 Å². The van der Waals surface area contributed by atoms with E-state index in [-0.39, 0.29) is 33.3 Å². The van der Waals surface area contributed by atoms with Gasteiger partial charge in [-0.3, -0.25) is 0 Å². The van der Waals surface area contributed by atoms with Crippen molar-refractivity contribution in [2.75, 3.05) is 13.6 Å².